The smallest absolute Gasteiger partial charge is 0.130 e. The van der Waals surface area contributed by atoms with Crippen molar-refractivity contribution in [1.29, 1.82) is 5.26 Å². The summed E-state index contributed by atoms with van der Waals surface area (Å²) in [6.45, 7) is 5.59. The standard InChI is InChI=1S/C15H16ClN3O/c1-10(2)19-14(13(16)9-18-19)15(3,20)12-6-4-5-11(7-12)8-17/h4-7,9-10,20H,1-3H3. The summed E-state index contributed by atoms with van der Waals surface area (Å²) >= 11 is 6.19. The molecule has 1 aromatic heterocycles. The van der Waals surface area contributed by atoms with Crippen LogP contribution < -0.4 is 0 Å². The molecular weight excluding hydrogens is 274 g/mol. The van der Waals surface area contributed by atoms with Crippen LogP contribution in [0.15, 0.2) is 30.5 Å². The molecule has 0 fully saturated rings. The lowest BCUT2D eigenvalue weighted by molar-refractivity contribution is 0.0901. The molecule has 0 aliphatic carbocycles. The minimum absolute atomic E-state index is 0.0723. The molecule has 0 bridgehead atoms. The molecule has 0 aliphatic rings. The van der Waals surface area contributed by atoms with Gasteiger partial charge in [-0.3, -0.25) is 4.68 Å². The summed E-state index contributed by atoms with van der Waals surface area (Å²) in [4.78, 5) is 0. The highest BCUT2D eigenvalue weighted by atomic mass is 35.5. The molecule has 1 unspecified atom stereocenters. The molecule has 1 heterocycles. The van der Waals surface area contributed by atoms with Gasteiger partial charge in [0.05, 0.1) is 28.5 Å². The number of nitriles is 1. The van der Waals surface area contributed by atoms with Gasteiger partial charge in [0.1, 0.15) is 5.60 Å². The van der Waals surface area contributed by atoms with E-state index in [0.29, 0.717) is 21.8 Å². The fraction of sp³-hybridized carbons (Fsp3) is 0.333. The van der Waals surface area contributed by atoms with Crippen molar-refractivity contribution in [3.63, 3.8) is 0 Å². The van der Waals surface area contributed by atoms with Crippen LogP contribution in [0.5, 0.6) is 0 Å². The number of halogens is 1. The zero-order chi connectivity index (χ0) is 14.9. The first kappa shape index (κ1) is 14.6. The highest BCUT2D eigenvalue weighted by Gasteiger charge is 2.33. The summed E-state index contributed by atoms with van der Waals surface area (Å²) in [5, 5.41) is 24.5. The van der Waals surface area contributed by atoms with Crippen molar-refractivity contribution in [1.82, 2.24) is 9.78 Å². The summed E-state index contributed by atoms with van der Waals surface area (Å²) in [7, 11) is 0. The lowest BCUT2D eigenvalue weighted by Crippen LogP contribution is -2.28. The summed E-state index contributed by atoms with van der Waals surface area (Å²) in [5.74, 6) is 0. The Morgan fingerprint density at radius 1 is 1.45 bits per heavy atom. The van der Waals surface area contributed by atoms with Crippen molar-refractivity contribution < 1.29 is 5.11 Å². The first-order valence-electron chi connectivity index (χ1n) is 6.34. The number of rotatable bonds is 3. The Kier molecular flexibility index (Phi) is 3.85. The van der Waals surface area contributed by atoms with Crippen molar-refractivity contribution in [2.24, 2.45) is 0 Å². The van der Waals surface area contributed by atoms with Crippen LogP contribution >= 0.6 is 11.6 Å². The van der Waals surface area contributed by atoms with Gasteiger partial charge in [-0.15, -0.1) is 0 Å². The van der Waals surface area contributed by atoms with Crippen LogP contribution in [0, 0.1) is 11.3 Å². The molecule has 2 aromatic rings. The number of aliphatic hydroxyl groups is 1. The van der Waals surface area contributed by atoms with Gasteiger partial charge in [-0.2, -0.15) is 10.4 Å². The topological polar surface area (TPSA) is 61.8 Å². The number of nitrogens with zero attached hydrogens (tertiary/aromatic N) is 3. The van der Waals surface area contributed by atoms with E-state index in [-0.39, 0.29) is 6.04 Å². The van der Waals surface area contributed by atoms with Crippen molar-refractivity contribution in [2.75, 3.05) is 0 Å². The molecule has 0 saturated carbocycles. The predicted molar refractivity (Wildman–Crippen MR) is 77.5 cm³/mol. The van der Waals surface area contributed by atoms with Crippen LogP contribution in [0.2, 0.25) is 5.02 Å². The first-order chi connectivity index (χ1) is 9.37. The lowest BCUT2D eigenvalue weighted by Gasteiger charge is -2.27. The maximum Gasteiger partial charge on any atom is 0.130 e. The third-order valence-electron chi connectivity index (χ3n) is 3.25. The molecule has 1 N–H and O–H groups in total. The van der Waals surface area contributed by atoms with E-state index in [1.54, 1.807) is 35.9 Å². The molecule has 2 rings (SSSR count). The summed E-state index contributed by atoms with van der Waals surface area (Å²) in [6.07, 6.45) is 1.53. The Labute approximate surface area is 123 Å². The lowest BCUT2D eigenvalue weighted by atomic mass is 9.91. The van der Waals surface area contributed by atoms with Crippen LogP contribution in [0.4, 0.5) is 0 Å². The fourth-order valence-electron chi connectivity index (χ4n) is 2.22. The summed E-state index contributed by atoms with van der Waals surface area (Å²) < 4.78 is 1.70. The molecular formula is C15H16ClN3O. The van der Waals surface area contributed by atoms with E-state index >= 15 is 0 Å². The molecule has 1 aromatic carbocycles. The maximum atomic E-state index is 10.9. The van der Waals surface area contributed by atoms with E-state index in [1.807, 2.05) is 13.8 Å². The normalized spacial score (nSPS) is 14.1. The van der Waals surface area contributed by atoms with Gasteiger partial charge in [0.2, 0.25) is 0 Å². The Morgan fingerprint density at radius 2 is 2.15 bits per heavy atom. The number of hydrogen-bond donors (Lipinski definition) is 1. The molecule has 1 atom stereocenters. The van der Waals surface area contributed by atoms with Gasteiger partial charge in [-0.05, 0) is 38.5 Å². The quantitative estimate of drug-likeness (QED) is 0.943. The third kappa shape index (κ3) is 2.43. The molecule has 0 amide bonds. The van der Waals surface area contributed by atoms with Gasteiger partial charge in [-0.25, -0.2) is 0 Å². The summed E-state index contributed by atoms with van der Waals surface area (Å²) in [5.41, 5.74) is 0.324. The molecule has 0 aliphatic heterocycles. The number of benzene rings is 1. The highest BCUT2D eigenvalue weighted by Crippen LogP contribution is 2.35. The molecule has 0 radical (unpaired) electrons. The van der Waals surface area contributed by atoms with E-state index in [9.17, 15) is 5.11 Å². The van der Waals surface area contributed by atoms with E-state index in [2.05, 4.69) is 11.2 Å². The SMILES string of the molecule is CC(C)n1ncc(Cl)c1C(C)(O)c1cccc(C#N)c1. The second-order valence-electron chi connectivity index (χ2n) is 5.14. The van der Waals surface area contributed by atoms with Crippen molar-refractivity contribution in [3.05, 3.63) is 52.3 Å². The summed E-state index contributed by atoms with van der Waals surface area (Å²) in [6, 6.07) is 9.01. The van der Waals surface area contributed by atoms with Gasteiger partial charge in [-0.1, -0.05) is 23.7 Å². The van der Waals surface area contributed by atoms with Crippen molar-refractivity contribution >= 4 is 11.6 Å². The zero-order valence-electron chi connectivity index (χ0n) is 11.6. The van der Waals surface area contributed by atoms with Crippen LogP contribution in [0.25, 0.3) is 0 Å². The van der Waals surface area contributed by atoms with Gasteiger partial charge < -0.3 is 5.11 Å². The fourth-order valence-corrected chi connectivity index (χ4v) is 2.53. The molecule has 20 heavy (non-hydrogen) atoms. The van der Waals surface area contributed by atoms with Crippen LogP contribution in [-0.2, 0) is 5.60 Å². The molecule has 104 valence electrons. The predicted octanol–water partition coefficient (Wildman–Crippen LogP) is 3.24. The average molecular weight is 290 g/mol. The molecule has 0 saturated heterocycles. The largest absolute Gasteiger partial charge is 0.379 e. The monoisotopic (exact) mass is 289 g/mol. The second kappa shape index (κ2) is 5.28. The van der Waals surface area contributed by atoms with Gasteiger partial charge in [0.15, 0.2) is 0 Å². The minimum Gasteiger partial charge on any atom is -0.379 e. The van der Waals surface area contributed by atoms with Gasteiger partial charge in [0, 0.05) is 6.04 Å². The Bertz CT molecular complexity index is 668. The Balaban J connectivity index is 2.60. The Hall–Kier alpha value is -1.83. The van der Waals surface area contributed by atoms with Crippen LogP contribution in [0.3, 0.4) is 0 Å². The van der Waals surface area contributed by atoms with Gasteiger partial charge in [0.25, 0.3) is 0 Å². The molecule has 0 spiro atoms. The maximum absolute atomic E-state index is 10.9. The zero-order valence-corrected chi connectivity index (χ0v) is 12.4. The van der Waals surface area contributed by atoms with Crippen molar-refractivity contribution in [2.45, 2.75) is 32.4 Å². The minimum atomic E-state index is -1.31. The van der Waals surface area contributed by atoms with Crippen LogP contribution in [-0.4, -0.2) is 14.9 Å². The first-order valence-corrected chi connectivity index (χ1v) is 6.72. The average Bonchev–Trinajstić information content (AvgIpc) is 2.81. The van der Waals surface area contributed by atoms with Crippen molar-refractivity contribution in [3.8, 4) is 6.07 Å². The second-order valence-corrected chi connectivity index (χ2v) is 5.55. The Morgan fingerprint density at radius 3 is 2.75 bits per heavy atom. The van der Waals surface area contributed by atoms with E-state index in [4.69, 9.17) is 16.9 Å². The highest BCUT2D eigenvalue weighted by molar-refractivity contribution is 6.31. The van der Waals surface area contributed by atoms with Crippen LogP contribution in [0.1, 0.15) is 43.6 Å². The van der Waals surface area contributed by atoms with Gasteiger partial charge >= 0.3 is 0 Å². The van der Waals surface area contributed by atoms with E-state index < -0.39 is 5.60 Å². The third-order valence-corrected chi connectivity index (χ3v) is 3.53. The number of hydrogen-bond acceptors (Lipinski definition) is 3. The molecule has 5 heteroatoms. The number of aromatic nitrogens is 2. The molecule has 4 nitrogen and oxygen atoms in total. The van der Waals surface area contributed by atoms with E-state index in [0.717, 1.165) is 0 Å². The van der Waals surface area contributed by atoms with E-state index in [1.165, 1.54) is 6.20 Å².